The van der Waals surface area contributed by atoms with Gasteiger partial charge in [-0.15, -0.1) is 0 Å². The lowest BCUT2D eigenvalue weighted by atomic mass is 10.0. The van der Waals surface area contributed by atoms with Crippen LogP contribution in [0.15, 0.2) is 53.1 Å². The Kier molecular flexibility index (Phi) is 3.37. The van der Waals surface area contributed by atoms with Crippen LogP contribution < -0.4 is 4.90 Å². The number of hydrogen-bond donors (Lipinski definition) is 0. The van der Waals surface area contributed by atoms with Crippen LogP contribution in [0.3, 0.4) is 0 Å². The van der Waals surface area contributed by atoms with E-state index >= 15 is 0 Å². The fraction of sp³-hybridized carbons (Fsp3) is 0.167. The Hall–Kier alpha value is -2.73. The van der Waals surface area contributed by atoms with Gasteiger partial charge in [-0.2, -0.15) is 5.26 Å². The van der Waals surface area contributed by atoms with E-state index in [1.165, 1.54) is 5.56 Å². The molecule has 0 N–H and O–H groups in total. The van der Waals surface area contributed by atoms with Crippen molar-refractivity contribution in [2.45, 2.75) is 13.5 Å². The van der Waals surface area contributed by atoms with Crippen LogP contribution in [0.2, 0.25) is 0 Å². The summed E-state index contributed by atoms with van der Waals surface area (Å²) in [6.45, 7) is 2.75. The molecule has 0 aliphatic carbocycles. The molecule has 0 fully saturated rings. The van der Waals surface area contributed by atoms with Crippen molar-refractivity contribution in [2.24, 2.45) is 0 Å². The summed E-state index contributed by atoms with van der Waals surface area (Å²) < 4.78 is 5.36. The first-order valence-electron chi connectivity index (χ1n) is 6.86. The molecule has 0 amide bonds. The summed E-state index contributed by atoms with van der Waals surface area (Å²) in [7, 11) is 2.06. The van der Waals surface area contributed by atoms with Crippen molar-refractivity contribution in [1.29, 1.82) is 5.26 Å². The Morgan fingerprint density at radius 2 is 1.86 bits per heavy atom. The number of rotatable bonds is 3. The van der Waals surface area contributed by atoms with Crippen LogP contribution in [0.25, 0.3) is 10.8 Å². The van der Waals surface area contributed by atoms with Crippen molar-refractivity contribution in [3.63, 3.8) is 0 Å². The molecule has 0 radical (unpaired) electrons. The third-order valence-corrected chi connectivity index (χ3v) is 3.81. The van der Waals surface area contributed by atoms with E-state index in [0.717, 1.165) is 28.8 Å². The Bertz CT molecular complexity index is 827. The molecule has 0 saturated heterocycles. The number of benzene rings is 2. The number of nitrogens with zero attached hydrogens (tertiary/aromatic N) is 2. The largest absolute Gasteiger partial charge is 0.469 e. The van der Waals surface area contributed by atoms with Crippen LogP contribution in [0, 0.1) is 18.3 Å². The minimum Gasteiger partial charge on any atom is -0.469 e. The van der Waals surface area contributed by atoms with Crippen molar-refractivity contribution in [1.82, 2.24) is 0 Å². The van der Waals surface area contributed by atoms with E-state index in [0.29, 0.717) is 5.56 Å². The zero-order valence-electron chi connectivity index (χ0n) is 12.1. The van der Waals surface area contributed by atoms with Crippen molar-refractivity contribution in [3.05, 3.63) is 65.6 Å². The molecule has 3 rings (SSSR count). The molecular weight excluding hydrogens is 260 g/mol. The molecule has 3 aromatic rings. The topological polar surface area (TPSA) is 40.2 Å². The molecule has 21 heavy (non-hydrogen) atoms. The summed E-state index contributed by atoms with van der Waals surface area (Å²) in [5.41, 5.74) is 3.00. The minimum absolute atomic E-state index is 0.710. The molecule has 2 aromatic carbocycles. The molecule has 0 aliphatic rings. The van der Waals surface area contributed by atoms with Gasteiger partial charge < -0.3 is 9.32 Å². The molecule has 0 aliphatic heterocycles. The number of nitriles is 1. The highest BCUT2D eigenvalue weighted by atomic mass is 16.3. The molecule has 0 spiro atoms. The van der Waals surface area contributed by atoms with E-state index in [4.69, 9.17) is 4.42 Å². The van der Waals surface area contributed by atoms with Gasteiger partial charge in [0.05, 0.1) is 17.9 Å². The molecule has 104 valence electrons. The van der Waals surface area contributed by atoms with Crippen LogP contribution in [0.1, 0.15) is 16.9 Å². The molecule has 1 heterocycles. The quantitative estimate of drug-likeness (QED) is 0.718. The van der Waals surface area contributed by atoms with Crippen LogP contribution in [-0.2, 0) is 6.54 Å². The number of furan rings is 1. The first kappa shape index (κ1) is 13.3. The summed E-state index contributed by atoms with van der Waals surface area (Å²) in [6, 6.07) is 16.2. The van der Waals surface area contributed by atoms with Gasteiger partial charge in [-0.3, -0.25) is 0 Å². The van der Waals surface area contributed by atoms with Gasteiger partial charge in [0, 0.05) is 35.6 Å². The maximum atomic E-state index is 9.23. The molecule has 0 unspecified atom stereocenters. The van der Waals surface area contributed by atoms with Gasteiger partial charge in [0.25, 0.3) is 0 Å². The second kappa shape index (κ2) is 5.34. The summed E-state index contributed by atoms with van der Waals surface area (Å²) >= 11 is 0. The van der Waals surface area contributed by atoms with E-state index in [-0.39, 0.29) is 0 Å². The predicted molar refractivity (Wildman–Crippen MR) is 84.2 cm³/mol. The smallest absolute Gasteiger partial charge is 0.105 e. The predicted octanol–water partition coefficient (Wildman–Crippen LogP) is 4.25. The Morgan fingerprint density at radius 3 is 2.52 bits per heavy atom. The SMILES string of the molecule is Cc1occc1CN(C)c1ccc(C#N)c2ccccc12. The van der Waals surface area contributed by atoms with Crippen molar-refractivity contribution in [2.75, 3.05) is 11.9 Å². The third kappa shape index (κ3) is 2.36. The standard InChI is InChI=1S/C18H16N2O/c1-13-15(9-10-21-13)12-20(2)18-8-7-14(11-19)16-5-3-4-6-17(16)18/h3-10H,12H2,1-2H3. The van der Waals surface area contributed by atoms with Gasteiger partial charge in [0.1, 0.15) is 5.76 Å². The van der Waals surface area contributed by atoms with Gasteiger partial charge in [-0.25, -0.2) is 0 Å². The van der Waals surface area contributed by atoms with Gasteiger partial charge in [-0.1, -0.05) is 24.3 Å². The number of aryl methyl sites for hydroxylation is 1. The maximum absolute atomic E-state index is 9.23. The zero-order valence-corrected chi connectivity index (χ0v) is 12.1. The van der Waals surface area contributed by atoms with Crippen molar-refractivity contribution in [3.8, 4) is 6.07 Å². The summed E-state index contributed by atoms with van der Waals surface area (Å²) in [4.78, 5) is 2.18. The van der Waals surface area contributed by atoms with E-state index < -0.39 is 0 Å². The van der Waals surface area contributed by atoms with E-state index in [9.17, 15) is 5.26 Å². The Balaban J connectivity index is 2.05. The second-order valence-corrected chi connectivity index (χ2v) is 5.15. The average molecular weight is 276 g/mol. The van der Waals surface area contributed by atoms with E-state index in [1.807, 2.05) is 43.3 Å². The van der Waals surface area contributed by atoms with Gasteiger partial charge >= 0.3 is 0 Å². The fourth-order valence-corrected chi connectivity index (χ4v) is 2.63. The van der Waals surface area contributed by atoms with Gasteiger partial charge in [0.2, 0.25) is 0 Å². The number of fused-ring (bicyclic) bond motifs is 1. The molecule has 3 heteroatoms. The van der Waals surface area contributed by atoms with Crippen molar-refractivity contribution < 1.29 is 4.42 Å². The zero-order chi connectivity index (χ0) is 14.8. The minimum atomic E-state index is 0.710. The molecule has 1 aromatic heterocycles. The fourth-order valence-electron chi connectivity index (χ4n) is 2.63. The van der Waals surface area contributed by atoms with Crippen LogP contribution >= 0.6 is 0 Å². The third-order valence-electron chi connectivity index (χ3n) is 3.81. The number of anilines is 1. The maximum Gasteiger partial charge on any atom is 0.105 e. The monoisotopic (exact) mass is 276 g/mol. The van der Waals surface area contributed by atoms with E-state index in [2.05, 4.69) is 24.1 Å². The molecule has 3 nitrogen and oxygen atoms in total. The normalized spacial score (nSPS) is 10.5. The Morgan fingerprint density at radius 1 is 1.10 bits per heavy atom. The average Bonchev–Trinajstić information content (AvgIpc) is 2.91. The first-order valence-corrected chi connectivity index (χ1v) is 6.86. The molecule has 0 bridgehead atoms. The Labute approximate surface area is 124 Å². The molecule has 0 saturated carbocycles. The highest BCUT2D eigenvalue weighted by Gasteiger charge is 2.11. The second-order valence-electron chi connectivity index (χ2n) is 5.15. The summed E-state index contributed by atoms with van der Waals surface area (Å²) in [6.07, 6.45) is 1.72. The summed E-state index contributed by atoms with van der Waals surface area (Å²) in [5, 5.41) is 11.3. The van der Waals surface area contributed by atoms with Crippen molar-refractivity contribution >= 4 is 16.5 Å². The van der Waals surface area contributed by atoms with Gasteiger partial charge in [0.15, 0.2) is 0 Å². The van der Waals surface area contributed by atoms with Crippen LogP contribution in [-0.4, -0.2) is 7.05 Å². The van der Waals surface area contributed by atoms with Crippen LogP contribution in [0.5, 0.6) is 0 Å². The lowest BCUT2D eigenvalue weighted by Gasteiger charge is -2.21. The van der Waals surface area contributed by atoms with E-state index in [1.54, 1.807) is 6.26 Å². The number of hydrogen-bond acceptors (Lipinski definition) is 3. The highest BCUT2D eigenvalue weighted by Crippen LogP contribution is 2.29. The highest BCUT2D eigenvalue weighted by molar-refractivity contribution is 5.97. The van der Waals surface area contributed by atoms with Crippen LogP contribution in [0.4, 0.5) is 5.69 Å². The summed E-state index contributed by atoms with van der Waals surface area (Å²) in [5.74, 6) is 0.944. The van der Waals surface area contributed by atoms with Gasteiger partial charge in [-0.05, 0) is 25.1 Å². The first-order chi connectivity index (χ1) is 10.2. The lowest BCUT2D eigenvalue weighted by Crippen LogP contribution is -2.16. The molecular formula is C18H16N2O. The molecule has 0 atom stereocenters. The lowest BCUT2D eigenvalue weighted by molar-refractivity contribution is 0.529.